The van der Waals surface area contributed by atoms with Crippen molar-refractivity contribution in [3.63, 3.8) is 0 Å². The minimum Gasteiger partial charge on any atom is -0.349 e. The Morgan fingerprint density at radius 2 is 2.03 bits per heavy atom. The van der Waals surface area contributed by atoms with Crippen molar-refractivity contribution in [3.05, 3.63) is 70.6 Å². The number of aromatic nitrogens is 2. The van der Waals surface area contributed by atoms with Gasteiger partial charge in [0.05, 0.1) is 23.5 Å². The maximum absolute atomic E-state index is 13.0. The monoisotopic (exact) mass is 452 g/mol. The molecule has 1 aliphatic rings. The number of nitrogens with one attached hydrogen (secondary N) is 1. The number of carbonyl (C=O) groups is 1. The Morgan fingerprint density at radius 1 is 1.25 bits per heavy atom. The Balaban J connectivity index is 1.36. The fourth-order valence-electron chi connectivity index (χ4n) is 4.18. The maximum atomic E-state index is 13.0. The topological polar surface area (TPSA) is 71.3 Å². The highest BCUT2D eigenvalue weighted by Gasteiger charge is 2.28. The molecule has 0 bridgehead atoms. The molecule has 7 heteroatoms. The molecule has 4 rings (SSSR count). The smallest absolute Gasteiger partial charge is 0.241 e. The van der Waals surface area contributed by atoms with Gasteiger partial charge in [-0.2, -0.15) is 4.98 Å². The second-order valence-corrected chi connectivity index (χ2v) is 8.85. The first-order chi connectivity index (χ1) is 15.5. The molecule has 2 aromatic carbocycles. The van der Waals surface area contributed by atoms with E-state index in [1.54, 1.807) is 6.07 Å². The van der Waals surface area contributed by atoms with Crippen molar-refractivity contribution >= 4 is 17.5 Å². The number of hydrogen-bond donors (Lipinski definition) is 1. The molecule has 1 saturated heterocycles. The largest absolute Gasteiger partial charge is 0.349 e. The van der Waals surface area contributed by atoms with E-state index in [2.05, 4.69) is 58.5 Å². The highest BCUT2D eigenvalue weighted by molar-refractivity contribution is 6.33. The summed E-state index contributed by atoms with van der Waals surface area (Å²) in [6.07, 6.45) is 2.71. The van der Waals surface area contributed by atoms with Crippen LogP contribution in [0.4, 0.5) is 0 Å². The Kier molecular flexibility index (Phi) is 7.22. The molecule has 1 aromatic heterocycles. The van der Waals surface area contributed by atoms with Crippen LogP contribution in [0.2, 0.25) is 5.02 Å². The normalized spacial score (nSPS) is 17.8. The first-order valence-corrected chi connectivity index (χ1v) is 11.6. The first-order valence-electron chi connectivity index (χ1n) is 11.2. The summed E-state index contributed by atoms with van der Waals surface area (Å²) in [7, 11) is 0. The molecule has 1 aliphatic heterocycles. The molecule has 0 radical (unpaired) electrons. The molecule has 168 valence electrons. The predicted molar refractivity (Wildman–Crippen MR) is 125 cm³/mol. The van der Waals surface area contributed by atoms with E-state index >= 15 is 0 Å². The van der Waals surface area contributed by atoms with E-state index < -0.39 is 0 Å². The Labute approximate surface area is 194 Å². The molecule has 0 saturated carbocycles. The molecular weight excluding hydrogens is 424 g/mol. The van der Waals surface area contributed by atoms with Crippen LogP contribution >= 0.6 is 11.6 Å². The van der Waals surface area contributed by atoms with Gasteiger partial charge < -0.3 is 9.84 Å². The molecular formula is C25H29ClN4O2. The lowest BCUT2D eigenvalue weighted by molar-refractivity contribution is -0.127. The fraction of sp³-hybridized carbons (Fsp3) is 0.400. The SMILES string of the molecule is CCC(NC(=O)C1CCCN(Cc2nc(-c3ccccc3Cl)no2)C1)c1ccc(C)cc1. The molecule has 1 amide bonds. The lowest BCUT2D eigenvalue weighted by Gasteiger charge is -2.32. The van der Waals surface area contributed by atoms with Crippen LogP contribution in [0.25, 0.3) is 11.4 Å². The number of carbonyl (C=O) groups excluding carboxylic acids is 1. The third-order valence-electron chi connectivity index (χ3n) is 6.02. The van der Waals surface area contributed by atoms with Crippen molar-refractivity contribution < 1.29 is 9.32 Å². The van der Waals surface area contributed by atoms with Gasteiger partial charge in [-0.25, -0.2) is 0 Å². The summed E-state index contributed by atoms with van der Waals surface area (Å²) in [6, 6.07) is 15.9. The minimum absolute atomic E-state index is 0.0348. The quantitative estimate of drug-likeness (QED) is 0.535. The van der Waals surface area contributed by atoms with Gasteiger partial charge in [0.25, 0.3) is 0 Å². The summed E-state index contributed by atoms with van der Waals surface area (Å²) in [5.74, 6) is 1.09. The molecule has 0 aliphatic carbocycles. The van der Waals surface area contributed by atoms with E-state index in [1.165, 1.54) is 5.56 Å². The van der Waals surface area contributed by atoms with Crippen LogP contribution in [-0.2, 0) is 11.3 Å². The third-order valence-corrected chi connectivity index (χ3v) is 6.35. The average Bonchev–Trinajstić information content (AvgIpc) is 3.26. The molecule has 2 heterocycles. The lowest BCUT2D eigenvalue weighted by atomic mass is 9.95. The summed E-state index contributed by atoms with van der Waals surface area (Å²) in [5, 5.41) is 7.93. The Morgan fingerprint density at radius 3 is 2.78 bits per heavy atom. The van der Waals surface area contributed by atoms with Crippen LogP contribution in [0.3, 0.4) is 0 Å². The van der Waals surface area contributed by atoms with Crippen molar-refractivity contribution in [2.45, 2.75) is 45.7 Å². The van der Waals surface area contributed by atoms with Crippen LogP contribution in [0.1, 0.15) is 49.2 Å². The summed E-state index contributed by atoms with van der Waals surface area (Å²) in [5.41, 5.74) is 3.12. The fourth-order valence-corrected chi connectivity index (χ4v) is 4.41. The van der Waals surface area contributed by atoms with E-state index in [-0.39, 0.29) is 17.9 Å². The van der Waals surface area contributed by atoms with Crippen molar-refractivity contribution in [1.82, 2.24) is 20.4 Å². The molecule has 2 atom stereocenters. The van der Waals surface area contributed by atoms with Crippen LogP contribution in [0.5, 0.6) is 0 Å². The highest BCUT2D eigenvalue weighted by atomic mass is 35.5. The number of aryl methyl sites for hydroxylation is 1. The van der Waals surface area contributed by atoms with Gasteiger partial charge in [0.2, 0.25) is 17.6 Å². The number of nitrogens with zero attached hydrogens (tertiary/aromatic N) is 3. The van der Waals surface area contributed by atoms with Crippen LogP contribution in [-0.4, -0.2) is 34.0 Å². The number of halogens is 1. The molecule has 1 fully saturated rings. The number of amides is 1. The zero-order valence-electron chi connectivity index (χ0n) is 18.6. The molecule has 1 N–H and O–H groups in total. The highest BCUT2D eigenvalue weighted by Crippen LogP contribution is 2.26. The predicted octanol–water partition coefficient (Wildman–Crippen LogP) is 5.18. The average molecular weight is 453 g/mol. The van der Waals surface area contributed by atoms with Gasteiger partial charge in [0.1, 0.15) is 0 Å². The van der Waals surface area contributed by atoms with Crippen molar-refractivity contribution in [1.29, 1.82) is 0 Å². The number of benzene rings is 2. The molecule has 32 heavy (non-hydrogen) atoms. The summed E-state index contributed by atoms with van der Waals surface area (Å²) in [6.45, 7) is 6.28. The number of hydrogen-bond acceptors (Lipinski definition) is 5. The second kappa shape index (κ2) is 10.3. The second-order valence-electron chi connectivity index (χ2n) is 8.45. The van der Waals surface area contributed by atoms with Gasteiger partial charge in [-0.3, -0.25) is 9.69 Å². The molecule has 2 unspecified atom stereocenters. The number of piperidine rings is 1. The summed E-state index contributed by atoms with van der Waals surface area (Å²) < 4.78 is 5.46. The van der Waals surface area contributed by atoms with E-state index in [9.17, 15) is 4.79 Å². The maximum Gasteiger partial charge on any atom is 0.241 e. The molecule has 3 aromatic rings. The third kappa shape index (κ3) is 5.37. The number of rotatable bonds is 7. The van der Waals surface area contributed by atoms with Gasteiger partial charge in [-0.05, 0) is 50.4 Å². The van der Waals surface area contributed by atoms with Gasteiger partial charge in [0, 0.05) is 12.1 Å². The number of likely N-dealkylation sites (tertiary alicyclic amines) is 1. The Bertz CT molecular complexity index is 1050. The minimum atomic E-state index is -0.0470. The molecule has 0 spiro atoms. The summed E-state index contributed by atoms with van der Waals surface area (Å²) in [4.78, 5) is 19.8. The Hall–Kier alpha value is -2.70. The summed E-state index contributed by atoms with van der Waals surface area (Å²) >= 11 is 6.24. The van der Waals surface area contributed by atoms with E-state index in [4.69, 9.17) is 16.1 Å². The van der Waals surface area contributed by atoms with Gasteiger partial charge in [0.15, 0.2) is 0 Å². The van der Waals surface area contributed by atoms with Crippen LogP contribution in [0.15, 0.2) is 53.1 Å². The van der Waals surface area contributed by atoms with E-state index in [0.717, 1.165) is 36.9 Å². The lowest BCUT2D eigenvalue weighted by Crippen LogP contribution is -2.43. The van der Waals surface area contributed by atoms with Crippen molar-refractivity contribution in [3.8, 4) is 11.4 Å². The van der Waals surface area contributed by atoms with Crippen LogP contribution in [0, 0.1) is 12.8 Å². The van der Waals surface area contributed by atoms with Crippen LogP contribution < -0.4 is 5.32 Å². The zero-order valence-corrected chi connectivity index (χ0v) is 19.3. The van der Waals surface area contributed by atoms with Crippen molar-refractivity contribution in [2.24, 2.45) is 5.92 Å². The molecule has 6 nitrogen and oxygen atoms in total. The van der Waals surface area contributed by atoms with Gasteiger partial charge in [-0.15, -0.1) is 0 Å². The van der Waals surface area contributed by atoms with E-state index in [1.807, 2.05) is 18.2 Å². The van der Waals surface area contributed by atoms with E-state index in [0.29, 0.717) is 29.8 Å². The van der Waals surface area contributed by atoms with Crippen molar-refractivity contribution in [2.75, 3.05) is 13.1 Å². The zero-order chi connectivity index (χ0) is 22.5. The van der Waals surface area contributed by atoms with Gasteiger partial charge in [-0.1, -0.05) is 65.6 Å². The first kappa shape index (κ1) is 22.5. The van der Waals surface area contributed by atoms with Gasteiger partial charge >= 0.3 is 0 Å². The standard InChI is InChI=1S/C25H29ClN4O2/c1-3-22(18-12-10-17(2)11-13-18)27-25(31)19-7-6-14-30(15-19)16-23-28-24(29-32-23)20-8-4-5-9-21(20)26/h4-5,8-13,19,22H,3,6-7,14-16H2,1-2H3,(H,27,31).